The largest absolute Gasteiger partial charge is 0.507 e. The van der Waals surface area contributed by atoms with E-state index in [-0.39, 0.29) is 17.9 Å². The lowest BCUT2D eigenvalue weighted by atomic mass is 9.99. The number of ether oxygens (including phenoxy) is 1. The van der Waals surface area contributed by atoms with Gasteiger partial charge in [-0.1, -0.05) is 18.2 Å². The molecule has 1 aliphatic heterocycles. The number of hydrogen-bond donors (Lipinski definition) is 1. The lowest BCUT2D eigenvalue weighted by Crippen LogP contribution is -2.28. The van der Waals surface area contributed by atoms with Gasteiger partial charge in [0.05, 0.1) is 18.2 Å². The van der Waals surface area contributed by atoms with E-state index in [2.05, 4.69) is 4.98 Å². The molecule has 1 fully saturated rings. The molecule has 1 aliphatic rings. The first-order valence-electron chi connectivity index (χ1n) is 9.54. The molecule has 1 N–H and O–H groups in total. The maximum absolute atomic E-state index is 13.0. The number of aromatic nitrogens is 1. The highest BCUT2D eigenvalue weighted by molar-refractivity contribution is 7.10. The molecule has 30 heavy (non-hydrogen) atoms. The second kappa shape index (κ2) is 8.51. The average molecular weight is 420 g/mol. The number of Topliss-reactive ketones (excluding diaryl/α,β-unsaturated/α-hetero) is 1. The van der Waals surface area contributed by atoms with Crippen molar-refractivity contribution in [1.29, 1.82) is 0 Å². The summed E-state index contributed by atoms with van der Waals surface area (Å²) in [5.41, 5.74) is 1.38. The van der Waals surface area contributed by atoms with Crippen LogP contribution in [0.25, 0.3) is 5.76 Å². The third-order valence-corrected chi connectivity index (χ3v) is 5.80. The number of pyridine rings is 1. The summed E-state index contributed by atoms with van der Waals surface area (Å²) in [5.74, 6) is -0.944. The normalized spacial score (nSPS) is 18.0. The van der Waals surface area contributed by atoms with E-state index >= 15 is 0 Å². The molecule has 3 aromatic rings. The predicted octanol–water partition coefficient (Wildman–Crippen LogP) is 4.16. The molecule has 3 heterocycles. The summed E-state index contributed by atoms with van der Waals surface area (Å²) in [5, 5.41) is 13.0. The van der Waals surface area contributed by atoms with Gasteiger partial charge >= 0.3 is 0 Å². The summed E-state index contributed by atoms with van der Waals surface area (Å²) in [4.78, 5) is 32.2. The van der Waals surface area contributed by atoms with E-state index in [1.807, 2.05) is 24.4 Å². The molecule has 2 aromatic heterocycles. The third-order valence-electron chi connectivity index (χ3n) is 4.87. The zero-order valence-corrected chi connectivity index (χ0v) is 17.1. The van der Waals surface area contributed by atoms with Crippen LogP contribution in [0.1, 0.15) is 29.0 Å². The van der Waals surface area contributed by atoms with Gasteiger partial charge in [-0.3, -0.25) is 14.6 Å². The van der Waals surface area contributed by atoms with Crippen LogP contribution in [0.4, 0.5) is 0 Å². The molecule has 4 rings (SSSR count). The molecule has 0 radical (unpaired) electrons. The Morgan fingerprint density at radius 1 is 1.17 bits per heavy atom. The smallest absolute Gasteiger partial charge is 0.295 e. The van der Waals surface area contributed by atoms with Gasteiger partial charge in [-0.15, -0.1) is 11.3 Å². The number of amides is 1. The fourth-order valence-electron chi connectivity index (χ4n) is 3.53. The minimum atomic E-state index is -0.693. The van der Waals surface area contributed by atoms with Crippen LogP contribution in [0.2, 0.25) is 0 Å². The van der Waals surface area contributed by atoms with Gasteiger partial charge in [0.1, 0.15) is 11.5 Å². The number of benzene rings is 1. The Labute approximate surface area is 178 Å². The molecule has 1 atom stereocenters. The molecule has 0 saturated carbocycles. The quantitative estimate of drug-likeness (QED) is 0.368. The number of carbonyl (C=O) groups excluding carboxylic acids is 2. The topological polar surface area (TPSA) is 79.7 Å². The van der Waals surface area contributed by atoms with Crippen molar-refractivity contribution in [3.63, 3.8) is 0 Å². The standard InChI is InChI=1S/C23H20N2O4S/c1-2-29-17-6-3-5-16(13-17)21(26)19-20(18-7-4-12-30-18)25(23(28)22(19)27)14-15-8-10-24-11-9-15/h3-13,20,26H,2,14H2,1H3/b21-19+. The number of thiophene rings is 1. The van der Waals surface area contributed by atoms with Crippen molar-refractivity contribution in [3.05, 3.63) is 87.9 Å². The fraction of sp³-hybridized carbons (Fsp3) is 0.174. The van der Waals surface area contributed by atoms with Crippen LogP contribution in [0.5, 0.6) is 5.75 Å². The number of likely N-dealkylation sites (tertiary alicyclic amines) is 1. The van der Waals surface area contributed by atoms with E-state index < -0.39 is 17.7 Å². The molecule has 1 amide bonds. The minimum absolute atomic E-state index is 0.0881. The molecule has 1 saturated heterocycles. The van der Waals surface area contributed by atoms with Gasteiger partial charge in [0.15, 0.2) is 0 Å². The summed E-state index contributed by atoms with van der Waals surface area (Å²) in [6.45, 7) is 2.59. The average Bonchev–Trinajstić information content (AvgIpc) is 3.37. The van der Waals surface area contributed by atoms with Gasteiger partial charge in [0.25, 0.3) is 11.7 Å². The monoisotopic (exact) mass is 420 g/mol. The molecular formula is C23H20N2O4S. The summed E-state index contributed by atoms with van der Waals surface area (Å²) in [6, 6.07) is 13.6. The Kier molecular flexibility index (Phi) is 5.63. The molecule has 6 nitrogen and oxygen atoms in total. The number of carbonyl (C=O) groups is 2. The first-order valence-corrected chi connectivity index (χ1v) is 10.4. The molecular weight excluding hydrogens is 400 g/mol. The molecule has 152 valence electrons. The summed E-state index contributed by atoms with van der Waals surface area (Å²) in [6.07, 6.45) is 3.29. The summed E-state index contributed by atoms with van der Waals surface area (Å²) in [7, 11) is 0. The van der Waals surface area contributed by atoms with E-state index in [0.29, 0.717) is 17.9 Å². The predicted molar refractivity (Wildman–Crippen MR) is 114 cm³/mol. The zero-order chi connectivity index (χ0) is 21.1. The van der Waals surface area contributed by atoms with Gasteiger partial charge in [0, 0.05) is 29.4 Å². The fourth-order valence-corrected chi connectivity index (χ4v) is 4.37. The minimum Gasteiger partial charge on any atom is -0.507 e. The number of hydrogen-bond acceptors (Lipinski definition) is 6. The van der Waals surface area contributed by atoms with Crippen LogP contribution in [0.15, 0.2) is 71.9 Å². The van der Waals surface area contributed by atoms with Crippen LogP contribution in [0, 0.1) is 0 Å². The van der Waals surface area contributed by atoms with Crippen molar-refractivity contribution < 1.29 is 19.4 Å². The van der Waals surface area contributed by atoms with Crippen molar-refractivity contribution in [1.82, 2.24) is 9.88 Å². The van der Waals surface area contributed by atoms with Crippen molar-refractivity contribution in [2.24, 2.45) is 0 Å². The van der Waals surface area contributed by atoms with Crippen LogP contribution >= 0.6 is 11.3 Å². The first kappa shape index (κ1) is 19.8. The van der Waals surface area contributed by atoms with Crippen molar-refractivity contribution in [3.8, 4) is 5.75 Å². The van der Waals surface area contributed by atoms with Crippen molar-refractivity contribution in [2.75, 3.05) is 6.61 Å². The van der Waals surface area contributed by atoms with Gasteiger partial charge in [-0.05, 0) is 48.2 Å². The lowest BCUT2D eigenvalue weighted by molar-refractivity contribution is -0.140. The van der Waals surface area contributed by atoms with Crippen molar-refractivity contribution >= 4 is 28.8 Å². The second-order valence-electron chi connectivity index (χ2n) is 6.76. The van der Waals surface area contributed by atoms with E-state index in [9.17, 15) is 14.7 Å². The van der Waals surface area contributed by atoms with Crippen LogP contribution in [-0.4, -0.2) is 33.3 Å². The number of ketones is 1. The summed E-state index contributed by atoms with van der Waals surface area (Å²) < 4.78 is 5.51. The van der Waals surface area contributed by atoms with Gasteiger partial charge < -0.3 is 14.7 Å². The van der Waals surface area contributed by atoms with E-state index in [0.717, 1.165) is 10.4 Å². The van der Waals surface area contributed by atoms with E-state index in [1.54, 1.807) is 48.8 Å². The number of nitrogens with zero attached hydrogens (tertiary/aromatic N) is 2. The first-order chi connectivity index (χ1) is 14.6. The van der Waals surface area contributed by atoms with Gasteiger partial charge in [0.2, 0.25) is 0 Å². The van der Waals surface area contributed by atoms with E-state index in [4.69, 9.17) is 4.74 Å². The van der Waals surface area contributed by atoms with Crippen LogP contribution < -0.4 is 4.74 Å². The molecule has 1 unspecified atom stereocenters. The molecule has 1 aromatic carbocycles. The number of aliphatic hydroxyl groups excluding tert-OH is 1. The Bertz CT molecular complexity index is 1090. The Morgan fingerprint density at radius 3 is 2.67 bits per heavy atom. The lowest BCUT2D eigenvalue weighted by Gasteiger charge is -2.24. The molecule has 0 spiro atoms. The maximum atomic E-state index is 13.0. The second-order valence-corrected chi connectivity index (χ2v) is 7.74. The highest BCUT2D eigenvalue weighted by atomic mass is 32.1. The summed E-state index contributed by atoms with van der Waals surface area (Å²) >= 11 is 1.44. The third kappa shape index (κ3) is 3.71. The highest BCUT2D eigenvalue weighted by Gasteiger charge is 2.46. The molecule has 0 aliphatic carbocycles. The van der Waals surface area contributed by atoms with Crippen LogP contribution in [-0.2, 0) is 16.1 Å². The van der Waals surface area contributed by atoms with Gasteiger partial charge in [-0.2, -0.15) is 0 Å². The zero-order valence-electron chi connectivity index (χ0n) is 16.3. The number of rotatable bonds is 6. The SMILES string of the molecule is CCOc1cccc(/C(O)=C2\C(=O)C(=O)N(Cc3ccncc3)C2c2cccs2)c1. The molecule has 0 bridgehead atoms. The Balaban J connectivity index is 1.81. The van der Waals surface area contributed by atoms with Crippen LogP contribution in [0.3, 0.4) is 0 Å². The Morgan fingerprint density at radius 2 is 1.97 bits per heavy atom. The van der Waals surface area contributed by atoms with Crippen molar-refractivity contribution in [2.45, 2.75) is 19.5 Å². The number of aliphatic hydroxyl groups is 1. The Hall–Kier alpha value is -3.45. The molecule has 7 heteroatoms. The highest BCUT2D eigenvalue weighted by Crippen LogP contribution is 2.42. The van der Waals surface area contributed by atoms with E-state index in [1.165, 1.54) is 16.2 Å². The maximum Gasteiger partial charge on any atom is 0.295 e. The van der Waals surface area contributed by atoms with Gasteiger partial charge in [-0.25, -0.2) is 0 Å².